The van der Waals surface area contributed by atoms with Gasteiger partial charge in [-0.2, -0.15) is 0 Å². The molecule has 1 fully saturated rings. The Morgan fingerprint density at radius 2 is 1.71 bits per heavy atom. The van der Waals surface area contributed by atoms with E-state index in [-0.39, 0.29) is 5.91 Å². The highest BCUT2D eigenvalue weighted by Crippen LogP contribution is 2.13. The second-order valence-electron chi connectivity index (χ2n) is 7.13. The molecule has 2 aromatic carbocycles. The summed E-state index contributed by atoms with van der Waals surface area (Å²) >= 11 is 0. The summed E-state index contributed by atoms with van der Waals surface area (Å²) in [6.45, 7) is 3.93. The lowest BCUT2D eigenvalue weighted by atomic mass is 10.1. The molecule has 4 rings (SSSR count). The number of fused-ring (bicyclic) bond motifs is 1. The number of rotatable bonds is 6. The van der Waals surface area contributed by atoms with E-state index in [2.05, 4.69) is 44.5 Å². The zero-order chi connectivity index (χ0) is 19.2. The molecule has 0 atom stereocenters. The van der Waals surface area contributed by atoms with Crippen molar-refractivity contribution in [1.29, 1.82) is 0 Å². The van der Waals surface area contributed by atoms with Crippen LogP contribution in [0, 0.1) is 0 Å². The molecule has 1 aliphatic heterocycles. The van der Waals surface area contributed by atoms with Crippen LogP contribution in [0.3, 0.4) is 0 Å². The molecule has 1 saturated heterocycles. The van der Waals surface area contributed by atoms with Crippen molar-refractivity contribution >= 4 is 23.0 Å². The fraction of sp³-hybridized carbons (Fsp3) is 0.261. The van der Waals surface area contributed by atoms with Gasteiger partial charge in [-0.05, 0) is 55.3 Å². The fourth-order valence-electron chi connectivity index (χ4n) is 3.42. The van der Waals surface area contributed by atoms with Crippen LogP contribution in [0.2, 0.25) is 0 Å². The molecule has 0 unspecified atom stereocenters. The van der Waals surface area contributed by atoms with Gasteiger partial charge in [-0.3, -0.25) is 14.7 Å². The molecule has 0 aliphatic carbocycles. The Morgan fingerprint density at radius 1 is 1.00 bits per heavy atom. The number of carbonyl (C=O) groups excluding carboxylic acids is 1. The van der Waals surface area contributed by atoms with Crippen LogP contribution in [-0.4, -0.2) is 33.9 Å². The Morgan fingerprint density at radius 3 is 2.50 bits per heavy atom. The minimum atomic E-state index is -0.142. The van der Waals surface area contributed by atoms with E-state index in [9.17, 15) is 4.79 Å². The minimum absolute atomic E-state index is 0.142. The van der Waals surface area contributed by atoms with E-state index in [1.54, 1.807) is 12.3 Å². The molecule has 1 aromatic heterocycles. The number of amides is 1. The van der Waals surface area contributed by atoms with Crippen molar-refractivity contribution in [2.24, 2.45) is 0 Å². The van der Waals surface area contributed by atoms with Gasteiger partial charge < -0.3 is 5.32 Å². The van der Waals surface area contributed by atoms with Crippen molar-refractivity contribution in [3.05, 3.63) is 77.6 Å². The van der Waals surface area contributed by atoms with Crippen LogP contribution < -0.4 is 5.32 Å². The monoisotopic (exact) mass is 372 g/mol. The summed E-state index contributed by atoms with van der Waals surface area (Å²) in [7, 11) is 0. The van der Waals surface area contributed by atoms with Gasteiger partial charge in [-0.15, -0.1) is 0 Å². The predicted molar refractivity (Wildman–Crippen MR) is 111 cm³/mol. The SMILES string of the molecule is O=C(/C=C/c1cnc2ccccc2n1)NCc1ccc(CN2CCCC2)cc1. The molecule has 0 bridgehead atoms. The standard InChI is InChI=1S/C23H24N4O/c28-23(12-11-20-16-24-21-5-1-2-6-22(21)26-20)25-15-18-7-9-19(10-8-18)17-27-13-3-4-14-27/h1-2,5-12,16H,3-4,13-15,17H2,(H,25,28)/b12-11+. The van der Waals surface area contributed by atoms with E-state index >= 15 is 0 Å². The molecule has 5 heteroatoms. The first-order chi connectivity index (χ1) is 13.8. The number of carbonyl (C=O) groups is 1. The van der Waals surface area contributed by atoms with Crippen molar-refractivity contribution in [1.82, 2.24) is 20.2 Å². The average Bonchev–Trinajstić information content (AvgIpc) is 3.24. The van der Waals surface area contributed by atoms with Gasteiger partial charge in [-0.25, -0.2) is 4.98 Å². The molecule has 28 heavy (non-hydrogen) atoms. The molecule has 0 saturated carbocycles. The number of aromatic nitrogens is 2. The van der Waals surface area contributed by atoms with Crippen LogP contribution in [0.4, 0.5) is 0 Å². The van der Waals surface area contributed by atoms with Gasteiger partial charge >= 0.3 is 0 Å². The highest BCUT2D eigenvalue weighted by atomic mass is 16.1. The summed E-state index contributed by atoms with van der Waals surface area (Å²) in [5.74, 6) is -0.142. The highest BCUT2D eigenvalue weighted by molar-refractivity contribution is 5.91. The van der Waals surface area contributed by atoms with Crippen molar-refractivity contribution < 1.29 is 4.79 Å². The third-order valence-corrected chi connectivity index (χ3v) is 4.97. The first kappa shape index (κ1) is 18.3. The summed E-state index contributed by atoms with van der Waals surface area (Å²) in [6, 6.07) is 16.2. The summed E-state index contributed by atoms with van der Waals surface area (Å²) < 4.78 is 0. The summed E-state index contributed by atoms with van der Waals surface area (Å²) in [5, 5.41) is 2.91. The van der Waals surface area contributed by atoms with Crippen LogP contribution in [0.25, 0.3) is 17.1 Å². The lowest BCUT2D eigenvalue weighted by molar-refractivity contribution is -0.116. The van der Waals surface area contributed by atoms with Gasteiger partial charge in [0.15, 0.2) is 0 Å². The molecule has 0 spiro atoms. The number of hydrogen-bond donors (Lipinski definition) is 1. The zero-order valence-corrected chi connectivity index (χ0v) is 15.8. The van der Waals surface area contributed by atoms with E-state index in [0.717, 1.165) is 23.1 Å². The molecular weight excluding hydrogens is 348 g/mol. The highest BCUT2D eigenvalue weighted by Gasteiger charge is 2.11. The second-order valence-corrected chi connectivity index (χ2v) is 7.13. The van der Waals surface area contributed by atoms with Crippen LogP contribution >= 0.6 is 0 Å². The maximum atomic E-state index is 12.1. The van der Waals surface area contributed by atoms with Crippen LogP contribution in [0.15, 0.2) is 60.8 Å². The van der Waals surface area contributed by atoms with Crippen LogP contribution in [0.1, 0.15) is 29.7 Å². The Balaban J connectivity index is 1.29. The van der Waals surface area contributed by atoms with Gasteiger partial charge in [-0.1, -0.05) is 36.4 Å². The molecule has 2 heterocycles. The van der Waals surface area contributed by atoms with E-state index in [0.29, 0.717) is 12.2 Å². The Kier molecular flexibility index (Phi) is 5.73. The van der Waals surface area contributed by atoms with Crippen molar-refractivity contribution in [3.8, 4) is 0 Å². The van der Waals surface area contributed by atoms with Gasteiger partial charge in [0, 0.05) is 19.2 Å². The maximum absolute atomic E-state index is 12.1. The molecule has 5 nitrogen and oxygen atoms in total. The molecule has 3 aromatic rings. The molecule has 1 aliphatic rings. The van der Waals surface area contributed by atoms with Gasteiger partial charge in [0.2, 0.25) is 5.91 Å². The van der Waals surface area contributed by atoms with Gasteiger partial charge in [0.25, 0.3) is 0 Å². The summed E-state index contributed by atoms with van der Waals surface area (Å²) in [5.41, 5.74) is 4.75. The third kappa shape index (κ3) is 4.81. The number of likely N-dealkylation sites (tertiary alicyclic amines) is 1. The molecular formula is C23H24N4O. The van der Waals surface area contributed by atoms with Crippen molar-refractivity contribution in [2.75, 3.05) is 13.1 Å². The van der Waals surface area contributed by atoms with Crippen LogP contribution in [0.5, 0.6) is 0 Å². The molecule has 142 valence electrons. The molecule has 1 amide bonds. The lowest BCUT2D eigenvalue weighted by Crippen LogP contribution is -2.20. The topological polar surface area (TPSA) is 58.1 Å². The summed E-state index contributed by atoms with van der Waals surface area (Å²) in [4.78, 5) is 23.4. The van der Waals surface area contributed by atoms with Gasteiger partial charge in [0.1, 0.15) is 0 Å². The number of nitrogens with zero attached hydrogens (tertiary/aromatic N) is 3. The number of para-hydroxylation sites is 2. The Bertz CT molecular complexity index is 975. The normalized spacial score (nSPS) is 14.7. The number of benzene rings is 2. The van der Waals surface area contributed by atoms with Crippen LogP contribution in [-0.2, 0) is 17.9 Å². The molecule has 1 N–H and O–H groups in total. The molecule has 0 radical (unpaired) electrons. The van der Waals surface area contributed by atoms with Gasteiger partial charge in [0.05, 0.1) is 22.9 Å². The average molecular weight is 372 g/mol. The third-order valence-electron chi connectivity index (χ3n) is 4.97. The zero-order valence-electron chi connectivity index (χ0n) is 15.8. The first-order valence-corrected chi connectivity index (χ1v) is 9.74. The fourth-order valence-corrected chi connectivity index (χ4v) is 3.42. The predicted octanol–water partition coefficient (Wildman–Crippen LogP) is 3.56. The maximum Gasteiger partial charge on any atom is 0.244 e. The first-order valence-electron chi connectivity index (χ1n) is 9.74. The van der Waals surface area contributed by atoms with E-state index in [4.69, 9.17) is 0 Å². The smallest absolute Gasteiger partial charge is 0.244 e. The van der Waals surface area contributed by atoms with Crippen molar-refractivity contribution in [3.63, 3.8) is 0 Å². The lowest BCUT2D eigenvalue weighted by Gasteiger charge is -2.14. The summed E-state index contributed by atoms with van der Waals surface area (Å²) in [6.07, 6.45) is 7.48. The Hall–Kier alpha value is -3.05. The van der Waals surface area contributed by atoms with E-state index < -0.39 is 0 Å². The number of nitrogens with one attached hydrogen (secondary N) is 1. The Labute approximate surface area is 165 Å². The van der Waals surface area contributed by atoms with E-state index in [1.807, 2.05) is 24.3 Å². The van der Waals surface area contributed by atoms with E-state index in [1.165, 1.54) is 37.6 Å². The largest absolute Gasteiger partial charge is 0.348 e. The van der Waals surface area contributed by atoms with Crippen molar-refractivity contribution in [2.45, 2.75) is 25.9 Å². The second kappa shape index (κ2) is 8.76. The minimum Gasteiger partial charge on any atom is -0.348 e. The quantitative estimate of drug-likeness (QED) is 0.672. The number of hydrogen-bond acceptors (Lipinski definition) is 4.